The molecule has 1 saturated heterocycles. The van der Waals surface area contributed by atoms with Gasteiger partial charge in [0.2, 0.25) is 0 Å². The third-order valence-corrected chi connectivity index (χ3v) is 5.91. The number of amides is 3. The lowest BCUT2D eigenvalue weighted by molar-refractivity contribution is -0.129. The molecule has 2 aromatic carbocycles. The van der Waals surface area contributed by atoms with Gasteiger partial charge in [-0.25, -0.2) is 4.79 Å². The van der Waals surface area contributed by atoms with E-state index in [-0.39, 0.29) is 11.9 Å². The molecule has 0 radical (unpaired) electrons. The van der Waals surface area contributed by atoms with E-state index in [1.807, 2.05) is 62.4 Å². The summed E-state index contributed by atoms with van der Waals surface area (Å²) in [6, 6.07) is 17.2. The summed E-state index contributed by atoms with van der Waals surface area (Å²) in [5.41, 5.74) is 3.62. The van der Waals surface area contributed by atoms with Crippen molar-refractivity contribution in [3.8, 4) is 0 Å². The van der Waals surface area contributed by atoms with E-state index in [1.54, 1.807) is 4.90 Å². The number of carbonyl (C=O) groups is 2. The number of H-pyrrole nitrogens is 1. The second-order valence-corrected chi connectivity index (χ2v) is 7.87. The van der Waals surface area contributed by atoms with Crippen molar-refractivity contribution in [2.24, 2.45) is 0 Å². The summed E-state index contributed by atoms with van der Waals surface area (Å²) in [4.78, 5) is 33.0. The first-order valence-electron chi connectivity index (χ1n) is 9.27. The van der Waals surface area contributed by atoms with Gasteiger partial charge in [0.25, 0.3) is 5.91 Å². The first kappa shape index (κ1) is 16.1. The Morgan fingerprint density at radius 2 is 1.74 bits per heavy atom. The molecule has 5 nitrogen and oxygen atoms in total. The summed E-state index contributed by atoms with van der Waals surface area (Å²) >= 11 is 0. The maximum Gasteiger partial charge on any atom is 0.328 e. The number of urea groups is 1. The highest BCUT2D eigenvalue weighted by Crippen LogP contribution is 2.44. The Kier molecular flexibility index (Phi) is 3.26. The van der Waals surface area contributed by atoms with Crippen molar-refractivity contribution < 1.29 is 9.59 Å². The molecule has 0 aliphatic carbocycles. The zero-order valence-corrected chi connectivity index (χ0v) is 15.4. The molecule has 1 N–H and O–H groups in total. The van der Waals surface area contributed by atoms with E-state index in [4.69, 9.17) is 0 Å². The van der Waals surface area contributed by atoms with Crippen LogP contribution in [-0.2, 0) is 23.3 Å². The predicted octanol–water partition coefficient (Wildman–Crippen LogP) is 3.79. The third-order valence-electron chi connectivity index (χ3n) is 5.91. The van der Waals surface area contributed by atoms with Crippen LogP contribution in [0.25, 0.3) is 10.9 Å². The van der Waals surface area contributed by atoms with Gasteiger partial charge < -0.3 is 9.88 Å². The van der Waals surface area contributed by atoms with Gasteiger partial charge in [-0.2, -0.15) is 0 Å². The van der Waals surface area contributed by atoms with Gasteiger partial charge in [0.05, 0.1) is 12.1 Å². The number of hydrogen-bond donors (Lipinski definition) is 1. The number of para-hydroxylation sites is 1. The molecule has 5 heteroatoms. The Morgan fingerprint density at radius 3 is 2.52 bits per heavy atom. The molecule has 1 fully saturated rings. The van der Waals surface area contributed by atoms with Crippen LogP contribution in [0, 0.1) is 0 Å². The summed E-state index contributed by atoms with van der Waals surface area (Å²) in [5, 5.41) is 1.14. The molecule has 3 aromatic rings. The summed E-state index contributed by atoms with van der Waals surface area (Å²) in [6.07, 6.45) is 0.554. The fraction of sp³-hybridized carbons (Fsp3) is 0.273. The fourth-order valence-corrected chi connectivity index (χ4v) is 4.61. The summed E-state index contributed by atoms with van der Waals surface area (Å²) in [7, 11) is 0. The second-order valence-electron chi connectivity index (χ2n) is 7.87. The number of nitrogens with zero attached hydrogens (tertiary/aromatic N) is 2. The van der Waals surface area contributed by atoms with Crippen molar-refractivity contribution in [2.75, 3.05) is 0 Å². The predicted molar refractivity (Wildman–Crippen MR) is 103 cm³/mol. The summed E-state index contributed by atoms with van der Waals surface area (Å²) in [5.74, 6) is -0.104. The SMILES string of the molecule is CC1(C)c2[nH]c3ccccc3c2C[C@@H]2C(=O)N(Cc3ccccc3)C(=O)N21. The van der Waals surface area contributed by atoms with Gasteiger partial charge in [-0.3, -0.25) is 9.69 Å². The molecule has 2 aliphatic heterocycles. The lowest BCUT2D eigenvalue weighted by atomic mass is 9.85. The zero-order chi connectivity index (χ0) is 18.8. The highest BCUT2D eigenvalue weighted by Gasteiger charge is 2.55. The molecular weight excluding hydrogens is 338 g/mol. The summed E-state index contributed by atoms with van der Waals surface area (Å²) in [6.45, 7) is 4.35. The smallest absolute Gasteiger partial charge is 0.328 e. The van der Waals surface area contributed by atoms with Crippen molar-refractivity contribution in [1.29, 1.82) is 0 Å². The molecule has 0 bridgehead atoms. The maximum atomic E-state index is 13.2. The van der Waals surface area contributed by atoms with Gasteiger partial charge in [0.1, 0.15) is 6.04 Å². The van der Waals surface area contributed by atoms with E-state index in [0.29, 0.717) is 13.0 Å². The highest BCUT2D eigenvalue weighted by molar-refractivity contribution is 6.05. The van der Waals surface area contributed by atoms with E-state index in [9.17, 15) is 9.59 Å². The zero-order valence-electron chi connectivity index (χ0n) is 15.4. The quantitative estimate of drug-likeness (QED) is 0.708. The van der Waals surface area contributed by atoms with Crippen LogP contribution >= 0.6 is 0 Å². The number of imide groups is 1. The van der Waals surface area contributed by atoms with Crippen LogP contribution in [-0.4, -0.2) is 32.8 Å². The van der Waals surface area contributed by atoms with Gasteiger partial charge in [-0.1, -0.05) is 48.5 Å². The monoisotopic (exact) mass is 359 g/mol. The molecule has 5 rings (SSSR count). The molecule has 3 heterocycles. The van der Waals surface area contributed by atoms with Crippen LogP contribution in [0.15, 0.2) is 54.6 Å². The minimum absolute atomic E-state index is 0.104. The Balaban J connectivity index is 1.58. The molecule has 0 spiro atoms. The molecule has 27 heavy (non-hydrogen) atoms. The normalized spacial score (nSPS) is 20.9. The maximum absolute atomic E-state index is 13.2. The number of rotatable bonds is 2. The minimum Gasteiger partial charge on any atom is -0.356 e. The standard InChI is InChI=1S/C22H21N3O2/c1-22(2)19-16(15-10-6-7-11-17(15)23-19)12-18-20(26)24(21(27)25(18)22)13-14-8-4-3-5-9-14/h3-11,18,23H,12-13H2,1-2H3/t18-/m1/s1. The molecule has 1 aromatic heterocycles. The lowest BCUT2D eigenvalue weighted by Gasteiger charge is -2.42. The van der Waals surface area contributed by atoms with Crippen molar-refractivity contribution in [1.82, 2.24) is 14.8 Å². The molecule has 136 valence electrons. The molecule has 3 amide bonds. The third kappa shape index (κ3) is 2.17. The van der Waals surface area contributed by atoms with E-state index < -0.39 is 11.6 Å². The number of carbonyl (C=O) groups excluding carboxylic acids is 2. The molecular formula is C22H21N3O2. The van der Waals surface area contributed by atoms with Gasteiger partial charge in [0, 0.05) is 23.0 Å². The Hall–Kier alpha value is -3.08. The van der Waals surface area contributed by atoms with Crippen molar-refractivity contribution in [3.63, 3.8) is 0 Å². The first-order valence-corrected chi connectivity index (χ1v) is 9.27. The van der Waals surface area contributed by atoms with Crippen LogP contribution in [0.5, 0.6) is 0 Å². The van der Waals surface area contributed by atoms with Gasteiger partial charge >= 0.3 is 6.03 Å². The number of aromatic nitrogens is 1. The first-order chi connectivity index (χ1) is 13.0. The van der Waals surface area contributed by atoms with Gasteiger partial charge in [-0.05, 0) is 31.0 Å². The van der Waals surface area contributed by atoms with Crippen molar-refractivity contribution >= 4 is 22.8 Å². The molecule has 0 unspecified atom stereocenters. The van der Waals surface area contributed by atoms with Crippen LogP contribution in [0.1, 0.15) is 30.7 Å². The Morgan fingerprint density at radius 1 is 1.04 bits per heavy atom. The van der Waals surface area contributed by atoms with E-state index in [2.05, 4.69) is 11.1 Å². The molecule has 2 aliphatic rings. The number of nitrogens with one attached hydrogen (secondary N) is 1. The fourth-order valence-electron chi connectivity index (χ4n) is 4.61. The van der Waals surface area contributed by atoms with E-state index >= 15 is 0 Å². The number of fused-ring (bicyclic) bond motifs is 4. The molecule has 1 atom stereocenters. The number of benzene rings is 2. The van der Waals surface area contributed by atoms with Crippen molar-refractivity contribution in [2.45, 2.75) is 38.4 Å². The largest absolute Gasteiger partial charge is 0.356 e. The average Bonchev–Trinajstić information content (AvgIpc) is 3.15. The topological polar surface area (TPSA) is 56.4 Å². The Labute approximate surface area is 157 Å². The van der Waals surface area contributed by atoms with Gasteiger partial charge in [-0.15, -0.1) is 0 Å². The van der Waals surface area contributed by atoms with Crippen LogP contribution in [0.2, 0.25) is 0 Å². The van der Waals surface area contributed by atoms with Gasteiger partial charge in [0.15, 0.2) is 0 Å². The minimum atomic E-state index is -0.574. The van der Waals surface area contributed by atoms with E-state index in [1.165, 1.54) is 4.90 Å². The van der Waals surface area contributed by atoms with Crippen molar-refractivity contribution in [3.05, 3.63) is 71.4 Å². The highest BCUT2D eigenvalue weighted by atomic mass is 16.2. The second kappa shape index (κ2) is 5.46. The summed E-state index contributed by atoms with van der Waals surface area (Å²) < 4.78 is 0. The number of hydrogen-bond acceptors (Lipinski definition) is 2. The number of aromatic amines is 1. The van der Waals surface area contributed by atoms with Crippen LogP contribution in [0.4, 0.5) is 4.79 Å². The average molecular weight is 359 g/mol. The Bertz CT molecular complexity index is 1070. The van der Waals surface area contributed by atoms with Crippen LogP contribution < -0.4 is 0 Å². The van der Waals surface area contributed by atoms with Crippen LogP contribution in [0.3, 0.4) is 0 Å². The molecule has 0 saturated carbocycles. The van der Waals surface area contributed by atoms with E-state index in [0.717, 1.165) is 27.7 Å². The lowest BCUT2D eigenvalue weighted by Crippen LogP contribution is -2.52.